The fourth-order valence-corrected chi connectivity index (χ4v) is 5.35. The maximum Gasteiger partial charge on any atom is 0.253 e. The lowest BCUT2D eigenvalue weighted by molar-refractivity contribution is 0.0798. The van der Waals surface area contributed by atoms with Crippen LogP contribution in [-0.2, 0) is 13.1 Å². The van der Waals surface area contributed by atoms with Crippen molar-refractivity contribution in [2.45, 2.75) is 33.9 Å². The summed E-state index contributed by atoms with van der Waals surface area (Å²) >= 11 is 0. The molecule has 0 fully saturated rings. The average molecular weight is 592 g/mol. The lowest BCUT2D eigenvalue weighted by Crippen LogP contribution is -2.35. The summed E-state index contributed by atoms with van der Waals surface area (Å²) in [6.07, 6.45) is 1.82. The van der Waals surface area contributed by atoms with Crippen LogP contribution in [0.25, 0.3) is 11.2 Å². The molecule has 3 aromatic carbocycles. The number of likely N-dealkylation sites (N-methyl/N-ethyl adjacent to an activating group) is 2. The summed E-state index contributed by atoms with van der Waals surface area (Å²) in [6, 6.07) is 20.1. The molecule has 226 valence electrons. The number of benzene rings is 3. The molecule has 0 atom stereocenters. The molecule has 0 radical (unpaired) electrons. The Bertz CT molecular complexity index is 1800. The second-order valence-electron chi connectivity index (χ2n) is 11.5. The second-order valence-corrected chi connectivity index (χ2v) is 11.5. The summed E-state index contributed by atoms with van der Waals surface area (Å²) in [5, 5.41) is 3.48. The van der Waals surface area contributed by atoms with Crippen LogP contribution in [-0.4, -0.2) is 64.3 Å². The van der Waals surface area contributed by atoms with Gasteiger partial charge in [-0.2, -0.15) is 9.97 Å². The van der Waals surface area contributed by atoms with Gasteiger partial charge in [-0.05, 0) is 56.2 Å². The molecule has 10 nitrogen and oxygen atoms in total. The number of fused-ring (bicyclic) bond motifs is 2. The van der Waals surface area contributed by atoms with E-state index in [1.807, 2.05) is 74.7 Å². The van der Waals surface area contributed by atoms with Gasteiger partial charge in [0.25, 0.3) is 5.91 Å². The molecule has 0 saturated carbocycles. The third-order valence-corrected chi connectivity index (χ3v) is 7.74. The Morgan fingerprint density at radius 2 is 1.61 bits per heavy atom. The van der Waals surface area contributed by atoms with E-state index in [9.17, 15) is 4.79 Å². The smallest absolute Gasteiger partial charge is 0.253 e. The number of carbonyl (C=O) groups is 1. The molecule has 0 unspecified atom stereocenters. The van der Waals surface area contributed by atoms with Crippen molar-refractivity contribution in [2.24, 2.45) is 0 Å². The van der Waals surface area contributed by atoms with Crippen molar-refractivity contribution in [3.63, 3.8) is 0 Å². The van der Waals surface area contributed by atoms with Gasteiger partial charge in [-0.3, -0.25) is 4.79 Å². The van der Waals surface area contributed by atoms with Gasteiger partial charge in [0.1, 0.15) is 0 Å². The molecule has 1 aliphatic rings. The van der Waals surface area contributed by atoms with Crippen LogP contribution in [0.3, 0.4) is 0 Å². The predicted molar refractivity (Wildman–Crippen MR) is 172 cm³/mol. The number of aryl methyl sites for hydroxylation is 3. The zero-order valence-corrected chi connectivity index (χ0v) is 25.8. The van der Waals surface area contributed by atoms with Crippen molar-refractivity contribution in [2.75, 3.05) is 44.2 Å². The lowest BCUT2D eigenvalue weighted by atomic mass is 10.1. The Kier molecular flexibility index (Phi) is 8.06. The third-order valence-electron chi connectivity index (χ3n) is 7.74. The van der Waals surface area contributed by atoms with Crippen molar-refractivity contribution >= 4 is 28.8 Å². The van der Waals surface area contributed by atoms with Crippen molar-refractivity contribution in [1.29, 1.82) is 0 Å². The number of hydrogen-bond acceptors (Lipinski definition) is 8. The first-order valence-electron chi connectivity index (χ1n) is 14.7. The minimum atomic E-state index is -0.0209. The highest BCUT2D eigenvalue weighted by molar-refractivity contribution is 5.94. The standard InChI is InChI=1S/C34H37N7O3/c1-22-6-9-27(10-7-22)33(42)39(4)12-13-40(5)34-37-31(35-18-25-8-11-28-29(17-25)44-21-43-28)30-32(38-34)41(20-36-30)19-26-15-23(2)14-24(3)16-26/h6-11,14-17,20H,12-13,18-19,21H2,1-5H3,(H,35,37,38). The van der Waals surface area contributed by atoms with E-state index >= 15 is 0 Å². The van der Waals surface area contributed by atoms with Crippen molar-refractivity contribution in [3.8, 4) is 11.5 Å². The second kappa shape index (κ2) is 12.2. The maximum absolute atomic E-state index is 13.0. The van der Waals surface area contributed by atoms with E-state index in [1.165, 1.54) is 16.7 Å². The fourth-order valence-electron chi connectivity index (χ4n) is 5.35. The van der Waals surface area contributed by atoms with Crippen LogP contribution in [0.2, 0.25) is 0 Å². The van der Waals surface area contributed by atoms with Crippen LogP contribution in [0, 0.1) is 20.8 Å². The summed E-state index contributed by atoms with van der Waals surface area (Å²) in [5.41, 5.74) is 7.87. The summed E-state index contributed by atoms with van der Waals surface area (Å²) in [4.78, 5) is 31.3. The molecule has 44 heavy (non-hydrogen) atoms. The molecule has 3 heterocycles. The number of anilines is 2. The van der Waals surface area contributed by atoms with Gasteiger partial charge >= 0.3 is 0 Å². The Hall–Kier alpha value is -5.12. The largest absolute Gasteiger partial charge is 0.454 e. The van der Waals surface area contributed by atoms with Gasteiger partial charge < -0.3 is 29.2 Å². The molecular weight excluding hydrogens is 554 g/mol. The highest BCUT2D eigenvalue weighted by atomic mass is 16.7. The number of hydrogen-bond donors (Lipinski definition) is 1. The van der Waals surface area contributed by atoms with Crippen LogP contribution in [0.15, 0.2) is 67.0 Å². The summed E-state index contributed by atoms with van der Waals surface area (Å²) in [5.74, 6) is 2.65. The van der Waals surface area contributed by atoms with Crippen LogP contribution < -0.4 is 19.7 Å². The fraction of sp³-hybridized carbons (Fsp3) is 0.294. The van der Waals surface area contributed by atoms with Gasteiger partial charge in [0, 0.05) is 39.3 Å². The molecule has 0 spiro atoms. The summed E-state index contributed by atoms with van der Waals surface area (Å²) < 4.78 is 13.1. The topological polar surface area (TPSA) is 97.6 Å². The minimum Gasteiger partial charge on any atom is -0.454 e. The molecule has 1 amide bonds. The molecule has 6 rings (SSSR count). The highest BCUT2D eigenvalue weighted by Gasteiger charge is 2.19. The van der Waals surface area contributed by atoms with E-state index in [4.69, 9.17) is 24.4 Å². The number of carbonyl (C=O) groups excluding carboxylic acids is 1. The first-order valence-corrected chi connectivity index (χ1v) is 14.7. The van der Waals surface area contributed by atoms with Gasteiger partial charge in [-0.25, -0.2) is 4.98 Å². The first-order chi connectivity index (χ1) is 21.2. The normalized spacial score (nSPS) is 12.0. The van der Waals surface area contributed by atoms with E-state index in [0.717, 1.165) is 28.3 Å². The quantitative estimate of drug-likeness (QED) is 0.232. The predicted octanol–water partition coefficient (Wildman–Crippen LogP) is 5.35. The summed E-state index contributed by atoms with van der Waals surface area (Å²) in [7, 11) is 3.76. The van der Waals surface area contributed by atoms with Gasteiger partial charge in [-0.15, -0.1) is 0 Å². The molecule has 0 saturated heterocycles. The lowest BCUT2D eigenvalue weighted by Gasteiger charge is -2.23. The number of amides is 1. The number of nitrogens with zero attached hydrogens (tertiary/aromatic N) is 6. The monoisotopic (exact) mass is 591 g/mol. The van der Waals surface area contributed by atoms with E-state index in [2.05, 4.69) is 41.9 Å². The molecular formula is C34H37N7O3. The zero-order valence-electron chi connectivity index (χ0n) is 25.8. The van der Waals surface area contributed by atoms with Gasteiger partial charge in [0.05, 0.1) is 12.9 Å². The van der Waals surface area contributed by atoms with Crippen molar-refractivity contribution in [1.82, 2.24) is 24.4 Å². The van der Waals surface area contributed by atoms with Crippen LogP contribution in [0.5, 0.6) is 11.5 Å². The Labute approximate surface area is 257 Å². The molecule has 0 aliphatic carbocycles. The Morgan fingerprint density at radius 1 is 0.864 bits per heavy atom. The van der Waals surface area contributed by atoms with Crippen LogP contribution in [0.1, 0.15) is 38.2 Å². The minimum absolute atomic E-state index is 0.0209. The molecule has 1 N–H and O–H groups in total. The van der Waals surface area contributed by atoms with Gasteiger partial charge in [0.15, 0.2) is 28.5 Å². The van der Waals surface area contributed by atoms with E-state index in [0.29, 0.717) is 49.0 Å². The number of aromatic nitrogens is 4. The highest BCUT2D eigenvalue weighted by Crippen LogP contribution is 2.33. The molecule has 1 aliphatic heterocycles. The Balaban J connectivity index is 1.26. The number of ether oxygens (including phenoxy) is 2. The molecule has 5 aromatic rings. The van der Waals surface area contributed by atoms with E-state index in [1.54, 1.807) is 4.90 Å². The van der Waals surface area contributed by atoms with E-state index in [-0.39, 0.29) is 12.7 Å². The maximum atomic E-state index is 13.0. The zero-order chi connectivity index (χ0) is 30.8. The number of nitrogens with one attached hydrogen (secondary N) is 1. The summed E-state index contributed by atoms with van der Waals surface area (Å²) in [6.45, 7) is 8.66. The third kappa shape index (κ3) is 6.29. The van der Waals surface area contributed by atoms with Gasteiger partial charge in [-0.1, -0.05) is 53.1 Å². The van der Waals surface area contributed by atoms with E-state index < -0.39 is 0 Å². The average Bonchev–Trinajstić information content (AvgIpc) is 3.64. The molecule has 10 heteroatoms. The Morgan fingerprint density at radius 3 is 2.39 bits per heavy atom. The number of imidazole rings is 1. The molecule has 0 bridgehead atoms. The van der Waals surface area contributed by atoms with Gasteiger partial charge in [0.2, 0.25) is 12.7 Å². The van der Waals surface area contributed by atoms with Crippen LogP contribution in [0.4, 0.5) is 11.8 Å². The van der Waals surface area contributed by atoms with Crippen LogP contribution >= 0.6 is 0 Å². The number of rotatable bonds is 10. The first kappa shape index (κ1) is 29.0. The molecule has 2 aromatic heterocycles. The van der Waals surface area contributed by atoms with Crippen molar-refractivity contribution < 1.29 is 14.3 Å². The SMILES string of the molecule is Cc1ccc(C(=O)N(C)CCN(C)c2nc(NCc3ccc4c(c3)OCO4)c3ncn(Cc4cc(C)cc(C)c4)c3n2)cc1. The van der Waals surface area contributed by atoms with Crippen molar-refractivity contribution in [3.05, 3.63) is 100 Å².